The summed E-state index contributed by atoms with van der Waals surface area (Å²) in [6.45, 7) is 8.36. The number of nitrogens with zero attached hydrogens (tertiary/aromatic N) is 2. The number of hydrogen-bond donors (Lipinski definition) is 1. The zero-order valence-electron chi connectivity index (χ0n) is 20.8. The standard InChI is InChI=1S/C29H33N3O2Si/c1-35(2,3)18-17-34-20-32-28(24-9-11-25-23(19-24)10-12-26(25)33)27(21-13-15-30-16-14-21)31-29(32)22-7-5-4-6-8-22/h4-9,11,13-16,19,29,31H,10,12,17-18,20H2,1-3H3. The van der Waals surface area contributed by atoms with Crippen LogP contribution < -0.4 is 5.32 Å². The predicted molar refractivity (Wildman–Crippen MR) is 143 cm³/mol. The van der Waals surface area contributed by atoms with Crippen molar-refractivity contribution in [3.05, 3.63) is 101 Å². The number of aryl methyl sites for hydroxylation is 1. The van der Waals surface area contributed by atoms with E-state index in [2.05, 4.69) is 71.2 Å². The quantitative estimate of drug-likeness (QED) is 0.317. The number of carbonyl (C=O) groups excluding carboxylic acids is 1. The molecule has 1 aliphatic carbocycles. The lowest BCUT2D eigenvalue weighted by molar-refractivity contribution is 0.0482. The molecule has 0 amide bonds. The van der Waals surface area contributed by atoms with Crippen LogP contribution in [-0.2, 0) is 11.2 Å². The van der Waals surface area contributed by atoms with E-state index < -0.39 is 8.07 Å². The van der Waals surface area contributed by atoms with Gasteiger partial charge in [-0.1, -0.05) is 62.1 Å². The van der Waals surface area contributed by atoms with Crippen LogP contribution in [0.1, 0.15) is 45.2 Å². The Balaban J connectivity index is 1.57. The summed E-state index contributed by atoms with van der Waals surface area (Å²) < 4.78 is 6.31. The van der Waals surface area contributed by atoms with Gasteiger partial charge in [0.2, 0.25) is 0 Å². The van der Waals surface area contributed by atoms with Crippen molar-refractivity contribution in [1.29, 1.82) is 0 Å². The van der Waals surface area contributed by atoms with E-state index in [4.69, 9.17) is 4.74 Å². The summed E-state index contributed by atoms with van der Waals surface area (Å²) in [5.74, 6) is 0.244. The molecule has 0 fully saturated rings. The van der Waals surface area contributed by atoms with E-state index in [-0.39, 0.29) is 11.9 Å². The van der Waals surface area contributed by atoms with Gasteiger partial charge in [-0.2, -0.15) is 0 Å². The molecule has 5 rings (SSSR count). The van der Waals surface area contributed by atoms with Crippen molar-refractivity contribution in [2.75, 3.05) is 13.3 Å². The molecule has 1 aromatic heterocycles. The molecule has 0 radical (unpaired) electrons. The number of aromatic nitrogens is 1. The van der Waals surface area contributed by atoms with Crippen LogP contribution in [0.25, 0.3) is 11.4 Å². The van der Waals surface area contributed by atoms with Gasteiger partial charge in [-0.3, -0.25) is 9.78 Å². The van der Waals surface area contributed by atoms with Crippen molar-refractivity contribution in [3.63, 3.8) is 0 Å². The van der Waals surface area contributed by atoms with Crippen LogP contribution >= 0.6 is 0 Å². The number of rotatable bonds is 8. The maximum Gasteiger partial charge on any atom is 0.163 e. The van der Waals surface area contributed by atoms with Gasteiger partial charge in [0.15, 0.2) is 5.78 Å². The fourth-order valence-electron chi connectivity index (χ4n) is 4.79. The smallest absolute Gasteiger partial charge is 0.163 e. The molecule has 1 N–H and O–H groups in total. The average molecular weight is 484 g/mol. The molecule has 180 valence electrons. The number of Topliss-reactive ketones (excluding diaryl/α,β-unsaturated/α-hetero) is 1. The van der Waals surface area contributed by atoms with Crippen molar-refractivity contribution in [2.24, 2.45) is 0 Å². The molecular formula is C29H33N3O2Si. The van der Waals surface area contributed by atoms with Gasteiger partial charge in [0.1, 0.15) is 12.9 Å². The molecule has 0 saturated heterocycles. The van der Waals surface area contributed by atoms with E-state index in [1.165, 1.54) is 5.56 Å². The van der Waals surface area contributed by atoms with Crippen LogP contribution in [0.5, 0.6) is 0 Å². The summed E-state index contributed by atoms with van der Waals surface area (Å²) in [4.78, 5) is 18.8. The Labute approximate surface area is 208 Å². The zero-order valence-corrected chi connectivity index (χ0v) is 21.8. The second-order valence-corrected chi connectivity index (χ2v) is 16.2. The molecular weight excluding hydrogens is 450 g/mol. The first kappa shape index (κ1) is 23.5. The molecule has 0 bridgehead atoms. The summed E-state index contributed by atoms with van der Waals surface area (Å²) in [5.41, 5.74) is 7.51. The van der Waals surface area contributed by atoms with Crippen molar-refractivity contribution in [2.45, 2.75) is 44.7 Å². The SMILES string of the molecule is C[Si](C)(C)CCOCN1C(c2ccc3c(c2)CCC3=O)=C(c2ccncc2)NC1c1ccccc1. The Morgan fingerprint density at radius 3 is 2.51 bits per heavy atom. The fourth-order valence-corrected chi connectivity index (χ4v) is 5.54. The number of fused-ring (bicyclic) bond motifs is 1. The molecule has 35 heavy (non-hydrogen) atoms. The van der Waals surface area contributed by atoms with E-state index >= 15 is 0 Å². The normalized spacial score (nSPS) is 17.6. The third-order valence-corrected chi connectivity index (χ3v) is 8.43. The van der Waals surface area contributed by atoms with Crippen LogP contribution in [0, 0.1) is 0 Å². The lowest BCUT2D eigenvalue weighted by Crippen LogP contribution is -2.32. The van der Waals surface area contributed by atoms with Gasteiger partial charge in [-0.25, -0.2) is 0 Å². The van der Waals surface area contributed by atoms with Gasteiger partial charge in [0.05, 0.1) is 11.4 Å². The number of nitrogens with one attached hydrogen (secondary N) is 1. The highest BCUT2D eigenvalue weighted by Crippen LogP contribution is 2.41. The maximum atomic E-state index is 12.3. The first-order chi connectivity index (χ1) is 16.9. The minimum absolute atomic E-state index is 0.0591. The Hall–Kier alpha value is -3.22. The summed E-state index contributed by atoms with van der Waals surface area (Å²) in [6.07, 6.45) is 5.00. The fraction of sp³-hybridized carbons (Fsp3) is 0.310. The summed E-state index contributed by atoms with van der Waals surface area (Å²) in [6, 6.07) is 22.0. The Morgan fingerprint density at radius 2 is 1.77 bits per heavy atom. The maximum absolute atomic E-state index is 12.3. The van der Waals surface area contributed by atoms with Crippen molar-refractivity contribution in [1.82, 2.24) is 15.2 Å². The first-order valence-corrected chi connectivity index (χ1v) is 16.1. The second kappa shape index (κ2) is 9.80. The van der Waals surface area contributed by atoms with Gasteiger partial charge in [-0.15, -0.1) is 0 Å². The molecule has 1 aliphatic heterocycles. The summed E-state index contributed by atoms with van der Waals surface area (Å²) >= 11 is 0. The molecule has 2 heterocycles. The predicted octanol–water partition coefficient (Wildman–Crippen LogP) is 5.95. The average Bonchev–Trinajstić information content (AvgIpc) is 3.43. The topological polar surface area (TPSA) is 54.5 Å². The zero-order chi connectivity index (χ0) is 24.4. The Bertz CT molecular complexity index is 1240. The molecule has 2 aliphatic rings. The second-order valence-electron chi connectivity index (χ2n) is 10.5. The van der Waals surface area contributed by atoms with Gasteiger partial charge < -0.3 is 15.0 Å². The van der Waals surface area contributed by atoms with Crippen LogP contribution in [0.15, 0.2) is 73.1 Å². The van der Waals surface area contributed by atoms with Crippen LogP contribution in [-0.4, -0.2) is 37.1 Å². The van der Waals surface area contributed by atoms with Gasteiger partial charge in [-0.05, 0) is 41.8 Å². The van der Waals surface area contributed by atoms with E-state index in [1.54, 1.807) is 0 Å². The molecule has 1 unspecified atom stereocenters. The highest BCUT2D eigenvalue weighted by Gasteiger charge is 2.34. The highest BCUT2D eigenvalue weighted by molar-refractivity contribution is 6.76. The number of pyridine rings is 1. The minimum Gasteiger partial charge on any atom is -0.361 e. The highest BCUT2D eigenvalue weighted by atomic mass is 28.3. The van der Waals surface area contributed by atoms with E-state index in [0.717, 1.165) is 52.7 Å². The number of hydrogen-bond acceptors (Lipinski definition) is 5. The van der Waals surface area contributed by atoms with Crippen LogP contribution in [0.2, 0.25) is 25.7 Å². The molecule has 5 nitrogen and oxygen atoms in total. The number of ketones is 1. The van der Waals surface area contributed by atoms with Gasteiger partial charge >= 0.3 is 0 Å². The Morgan fingerprint density at radius 1 is 1.00 bits per heavy atom. The van der Waals surface area contributed by atoms with Gasteiger partial charge in [0, 0.05) is 50.2 Å². The molecule has 0 saturated carbocycles. The number of benzene rings is 2. The van der Waals surface area contributed by atoms with Crippen molar-refractivity contribution < 1.29 is 9.53 Å². The lowest BCUT2D eigenvalue weighted by Gasteiger charge is -2.30. The van der Waals surface area contributed by atoms with Gasteiger partial charge in [0.25, 0.3) is 0 Å². The third kappa shape index (κ3) is 5.09. The van der Waals surface area contributed by atoms with Crippen molar-refractivity contribution >= 4 is 25.3 Å². The lowest BCUT2D eigenvalue weighted by atomic mass is 10.0. The molecule has 2 aromatic carbocycles. The molecule has 3 aromatic rings. The largest absolute Gasteiger partial charge is 0.361 e. The first-order valence-electron chi connectivity index (χ1n) is 12.4. The summed E-state index contributed by atoms with van der Waals surface area (Å²) in [7, 11) is -1.19. The molecule has 1 atom stereocenters. The van der Waals surface area contributed by atoms with E-state index in [9.17, 15) is 4.79 Å². The Kier molecular flexibility index (Phi) is 6.58. The van der Waals surface area contributed by atoms with Crippen molar-refractivity contribution in [3.8, 4) is 0 Å². The third-order valence-electron chi connectivity index (χ3n) is 6.73. The van der Waals surface area contributed by atoms with Crippen LogP contribution in [0.4, 0.5) is 0 Å². The summed E-state index contributed by atoms with van der Waals surface area (Å²) in [5, 5.41) is 3.80. The number of carbonyl (C=O) groups is 1. The van der Waals surface area contributed by atoms with Crippen LogP contribution in [0.3, 0.4) is 0 Å². The molecule has 0 spiro atoms. The molecule has 6 heteroatoms. The monoisotopic (exact) mass is 483 g/mol. The van der Waals surface area contributed by atoms with E-state index in [1.807, 2.05) is 36.7 Å². The minimum atomic E-state index is -1.19. The van der Waals surface area contributed by atoms with E-state index in [0.29, 0.717) is 13.2 Å². The number of ether oxygens (including phenoxy) is 1.